The molecule has 0 amide bonds. The van der Waals surface area contributed by atoms with Gasteiger partial charge in [0.25, 0.3) is 0 Å². The zero-order chi connectivity index (χ0) is 10.6. The van der Waals surface area contributed by atoms with E-state index in [1.54, 1.807) is 0 Å². The maximum absolute atomic E-state index is 4.41. The molecule has 0 radical (unpaired) electrons. The molecular weight excluding hydrogens is 188 g/mol. The summed E-state index contributed by atoms with van der Waals surface area (Å²) in [4.78, 5) is 0. The quantitative estimate of drug-likeness (QED) is 0.716. The van der Waals surface area contributed by atoms with Crippen molar-refractivity contribution < 1.29 is 0 Å². The molecule has 0 fully saturated rings. The van der Waals surface area contributed by atoms with Gasteiger partial charge >= 0.3 is 0 Å². The highest BCUT2D eigenvalue weighted by molar-refractivity contribution is 7.80. The zero-order valence-electron chi connectivity index (χ0n) is 9.33. The Balaban J connectivity index is 2.68. The van der Waals surface area contributed by atoms with E-state index in [4.69, 9.17) is 0 Å². The molecule has 0 N–H and O–H groups in total. The third-order valence-corrected chi connectivity index (χ3v) is 2.35. The lowest BCUT2D eigenvalue weighted by Gasteiger charge is -2.08. The summed E-state index contributed by atoms with van der Waals surface area (Å²) in [7, 11) is 0. The normalized spacial score (nSPS) is 13.2. The lowest BCUT2D eigenvalue weighted by Crippen LogP contribution is -1.99. The minimum Gasteiger partial charge on any atom is -0.176 e. The molecule has 0 nitrogen and oxygen atoms in total. The van der Waals surface area contributed by atoms with Gasteiger partial charge < -0.3 is 0 Å². The monoisotopic (exact) mass is 208 g/mol. The van der Waals surface area contributed by atoms with Crippen molar-refractivity contribution in [1.29, 1.82) is 0 Å². The Morgan fingerprint density at radius 2 is 1.64 bits per heavy atom. The maximum atomic E-state index is 4.41. The van der Waals surface area contributed by atoms with Crippen molar-refractivity contribution in [3.05, 3.63) is 35.4 Å². The highest BCUT2D eigenvalue weighted by atomic mass is 32.1. The van der Waals surface area contributed by atoms with Crippen LogP contribution in [0.1, 0.15) is 31.9 Å². The van der Waals surface area contributed by atoms with Crippen molar-refractivity contribution >= 4 is 12.6 Å². The first-order chi connectivity index (χ1) is 6.58. The second-order valence-electron chi connectivity index (χ2n) is 4.47. The maximum Gasteiger partial charge on any atom is 0.00288 e. The summed E-state index contributed by atoms with van der Waals surface area (Å²) >= 11 is 4.41. The second-order valence-corrected chi connectivity index (χ2v) is 5.35. The predicted molar refractivity (Wildman–Crippen MR) is 67.1 cm³/mol. The molecule has 78 valence electrons. The molecule has 0 aliphatic heterocycles. The highest BCUT2D eigenvalue weighted by Crippen LogP contribution is 2.13. The van der Waals surface area contributed by atoms with Gasteiger partial charge in [0.2, 0.25) is 0 Å². The van der Waals surface area contributed by atoms with E-state index >= 15 is 0 Å². The fourth-order valence-electron chi connectivity index (χ4n) is 1.70. The van der Waals surface area contributed by atoms with Gasteiger partial charge in [-0.25, -0.2) is 0 Å². The fraction of sp³-hybridized carbons (Fsp3) is 0.538. The van der Waals surface area contributed by atoms with E-state index in [0.717, 1.165) is 12.3 Å². The summed E-state index contributed by atoms with van der Waals surface area (Å²) in [6.07, 6.45) is 2.24. The summed E-state index contributed by atoms with van der Waals surface area (Å²) in [5, 5.41) is 0.448. The largest absolute Gasteiger partial charge is 0.176 e. The topological polar surface area (TPSA) is 0 Å². The van der Waals surface area contributed by atoms with Crippen LogP contribution < -0.4 is 0 Å². The molecule has 0 heterocycles. The van der Waals surface area contributed by atoms with E-state index in [0.29, 0.717) is 5.25 Å². The van der Waals surface area contributed by atoms with Gasteiger partial charge in [0.1, 0.15) is 0 Å². The Kier molecular flexibility index (Phi) is 4.53. The summed E-state index contributed by atoms with van der Waals surface area (Å²) in [6.45, 7) is 6.65. The predicted octanol–water partition coefficient (Wildman–Crippen LogP) is 3.75. The van der Waals surface area contributed by atoms with Crippen molar-refractivity contribution in [2.75, 3.05) is 0 Å². The van der Waals surface area contributed by atoms with Crippen LogP contribution in [0.25, 0.3) is 0 Å². The van der Waals surface area contributed by atoms with Crippen LogP contribution in [-0.2, 0) is 12.8 Å². The second kappa shape index (κ2) is 5.45. The molecule has 0 aromatic heterocycles. The van der Waals surface area contributed by atoms with Gasteiger partial charge in [-0.3, -0.25) is 0 Å². The van der Waals surface area contributed by atoms with E-state index < -0.39 is 0 Å². The van der Waals surface area contributed by atoms with Gasteiger partial charge in [-0.2, -0.15) is 12.6 Å². The first-order valence-corrected chi connectivity index (χ1v) is 5.85. The molecule has 14 heavy (non-hydrogen) atoms. The smallest absolute Gasteiger partial charge is 0.00288 e. The van der Waals surface area contributed by atoms with Gasteiger partial charge in [-0.05, 0) is 29.9 Å². The molecule has 0 saturated carbocycles. The molecule has 1 heteroatoms. The molecule has 0 saturated heterocycles. The van der Waals surface area contributed by atoms with E-state index in [1.807, 2.05) is 0 Å². The van der Waals surface area contributed by atoms with E-state index in [1.165, 1.54) is 17.5 Å². The number of thiol groups is 1. The molecular formula is C13H20S. The van der Waals surface area contributed by atoms with Crippen LogP contribution in [0.15, 0.2) is 24.3 Å². The van der Waals surface area contributed by atoms with Crippen LogP contribution in [0.5, 0.6) is 0 Å². The van der Waals surface area contributed by atoms with Gasteiger partial charge in [0.15, 0.2) is 0 Å². The average molecular weight is 208 g/mol. The SMILES string of the molecule is CC(C)Cc1cccc(CC(C)S)c1. The number of benzene rings is 1. The van der Waals surface area contributed by atoms with Crippen LogP contribution in [0.2, 0.25) is 0 Å². The van der Waals surface area contributed by atoms with E-state index in [-0.39, 0.29) is 0 Å². The molecule has 1 atom stereocenters. The summed E-state index contributed by atoms with van der Waals surface area (Å²) in [6, 6.07) is 8.87. The molecule has 1 unspecified atom stereocenters. The van der Waals surface area contributed by atoms with E-state index in [2.05, 4.69) is 57.7 Å². The van der Waals surface area contributed by atoms with Gasteiger partial charge in [0, 0.05) is 5.25 Å². The zero-order valence-corrected chi connectivity index (χ0v) is 10.2. The van der Waals surface area contributed by atoms with Crippen LogP contribution in [-0.4, -0.2) is 5.25 Å². The van der Waals surface area contributed by atoms with Crippen molar-refractivity contribution in [3.8, 4) is 0 Å². The van der Waals surface area contributed by atoms with Gasteiger partial charge in [-0.15, -0.1) is 0 Å². The van der Waals surface area contributed by atoms with Crippen LogP contribution >= 0.6 is 12.6 Å². The first-order valence-electron chi connectivity index (χ1n) is 5.34. The molecule has 0 aliphatic carbocycles. The van der Waals surface area contributed by atoms with Gasteiger partial charge in [0.05, 0.1) is 0 Å². The van der Waals surface area contributed by atoms with Crippen molar-refractivity contribution in [2.24, 2.45) is 5.92 Å². The average Bonchev–Trinajstić information content (AvgIpc) is 2.01. The first kappa shape index (κ1) is 11.6. The Bertz CT molecular complexity index is 251. The third-order valence-electron chi connectivity index (χ3n) is 2.17. The van der Waals surface area contributed by atoms with Crippen molar-refractivity contribution in [1.82, 2.24) is 0 Å². The third kappa shape index (κ3) is 4.19. The molecule has 1 aromatic carbocycles. The van der Waals surface area contributed by atoms with Crippen LogP contribution in [0.3, 0.4) is 0 Å². The van der Waals surface area contributed by atoms with Gasteiger partial charge in [-0.1, -0.05) is 45.0 Å². The molecule has 0 spiro atoms. The minimum absolute atomic E-state index is 0.448. The fourth-order valence-corrected chi connectivity index (χ4v) is 1.91. The standard InChI is InChI=1S/C13H20S/c1-10(2)7-12-5-4-6-13(9-12)8-11(3)14/h4-6,9-11,14H,7-8H2,1-3H3. The number of rotatable bonds is 4. The summed E-state index contributed by atoms with van der Waals surface area (Å²) in [5.41, 5.74) is 2.86. The highest BCUT2D eigenvalue weighted by Gasteiger charge is 2.01. The Morgan fingerprint density at radius 1 is 1.07 bits per heavy atom. The lowest BCUT2D eigenvalue weighted by atomic mass is 9.99. The van der Waals surface area contributed by atoms with Crippen LogP contribution in [0, 0.1) is 5.92 Å². The number of hydrogen-bond donors (Lipinski definition) is 1. The lowest BCUT2D eigenvalue weighted by molar-refractivity contribution is 0.646. The van der Waals surface area contributed by atoms with Crippen molar-refractivity contribution in [3.63, 3.8) is 0 Å². The van der Waals surface area contributed by atoms with Crippen molar-refractivity contribution in [2.45, 2.75) is 38.9 Å². The Morgan fingerprint density at radius 3 is 2.14 bits per heavy atom. The number of hydrogen-bond acceptors (Lipinski definition) is 1. The van der Waals surface area contributed by atoms with Crippen LogP contribution in [0.4, 0.5) is 0 Å². The summed E-state index contributed by atoms with van der Waals surface area (Å²) in [5.74, 6) is 0.735. The molecule has 0 bridgehead atoms. The Labute approximate surface area is 93.1 Å². The Hall–Kier alpha value is -0.430. The minimum atomic E-state index is 0.448. The molecule has 1 aromatic rings. The summed E-state index contributed by atoms with van der Waals surface area (Å²) < 4.78 is 0. The van der Waals surface area contributed by atoms with E-state index in [9.17, 15) is 0 Å². The molecule has 1 rings (SSSR count). The molecule has 0 aliphatic rings.